The van der Waals surface area contributed by atoms with E-state index >= 15 is 0 Å². The molecule has 3 heteroatoms. The smallest absolute Gasteiger partial charge is 0.0958 e. The molecule has 0 spiro atoms. The highest BCUT2D eigenvalue weighted by atomic mass is 15.0. The van der Waals surface area contributed by atoms with Crippen LogP contribution in [-0.2, 0) is 6.54 Å². The molecule has 0 saturated carbocycles. The second-order valence-corrected chi connectivity index (χ2v) is 3.91. The summed E-state index contributed by atoms with van der Waals surface area (Å²) in [6, 6.07) is 10.1. The van der Waals surface area contributed by atoms with Crippen LogP contribution >= 0.6 is 0 Å². The molecule has 0 aliphatic heterocycles. The Morgan fingerprint density at radius 1 is 1.25 bits per heavy atom. The topological polar surface area (TPSA) is 43.8 Å². The van der Waals surface area contributed by atoms with E-state index in [2.05, 4.69) is 28.6 Å². The Bertz CT molecular complexity index is 667. The molecule has 1 heterocycles. The number of aromatic nitrogens is 2. The zero-order valence-corrected chi connectivity index (χ0v) is 9.14. The Labute approximate surface area is 93.5 Å². The van der Waals surface area contributed by atoms with Crippen molar-refractivity contribution < 1.29 is 0 Å². The summed E-state index contributed by atoms with van der Waals surface area (Å²) < 4.78 is 2.15. The van der Waals surface area contributed by atoms with Crippen LogP contribution in [0.15, 0.2) is 36.7 Å². The van der Waals surface area contributed by atoms with E-state index in [1.807, 2.05) is 24.5 Å². The number of hydrogen-bond acceptors (Lipinski definition) is 2. The lowest BCUT2D eigenvalue weighted by Crippen LogP contribution is -1.93. The lowest BCUT2D eigenvalue weighted by atomic mass is 10.1. The minimum absolute atomic E-state index is 0.796. The third-order valence-corrected chi connectivity index (χ3v) is 2.99. The standard InChI is InChI=1S/C13H13N3/c1-2-16-8-15-12-7-11(14)9-5-3-4-6-10(9)13(12)16/h3-8H,2,14H2,1H3. The zero-order valence-electron chi connectivity index (χ0n) is 9.14. The van der Waals surface area contributed by atoms with Gasteiger partial charge in [-0.3, -0.25) is 0 Å². The molecule has 0 amide bonds. The Balaban J connectivity index is 2.59. The highest BCUT2D eigenvalue weighted by molar-refractivity contribution is 6.09. The Kier molecular flexibility index (Phi) is 1.86. The van der Waals surface area contributed by atoms with Gasteiger partial charge in [-0.15, -0.1) is 0 Å². The van der Waals surface area contributed by atoms with Crippen molar-refractivity contribution in [3.8, 4) is 0 Å². The molecule has 2 aromatic carbocycles. The molecule has 0 radical (unpaired) electrons. The summed E-state index contributed by atoms with van der Waals surface area (Å²) in [5, 5.41) is 2.28. The molecule has 80 valence electrons. The van der Waals surface area contributed by atoms with Crippen molar-refractivity contribution in [3.63, 3.8) is 0 Å². The molecule has 0 bridgehead atoms. The third kappa shape index (κ3) is 1.11. The first kappa shape index (κ1) is 9.21. The summed E-state index contributed by atoms with van der Waals surface area (Å²) >= 11 is 0. The van der Waals surface area contributed by atoms with E-state index in [-0.39, 0.29) is 0 Å². The largest absolute Gasteiger partial charge is 0.398 e. The van der Waals surface area contributed by atoms with Crippen LogP contribution in [-0.4, -0.2) is 9.55 Å². The molecule has 0 aliphatic carbocycles. The molecule has 3 aromatic rings. The highest BCUT2D eigenvalue weighted by Gasteiger charge is 2.08. The predicted molar refractivity (Wildman–Crippen MR) is 67.3 cm³/mol. The van der Waals surface area contributed by atoms with Crippen molar-refractivity contribution in [2.45, 2.75) is 13.5 Å². The molecule has 3 nitrogen and oxygen atoms in total. The average molecular weight is 211 g/mol. The fraction of sp³-hybridized carbons (Fsp3) is 0.154. The van der Waals surface area contributed by atoms with Gasteiger partial charge in [0.25, 0.3) is 0 Å². The third-order valence-electron chi connectivity index (χ3n) is 2.99. The SMILES string of the molecule is CCn1cnc2cc(N)c3ccccc3c21. The van der Waals surface area contributed by atoms with Crippen LogP contribution in [0.4, 0.5) is 5.69 Å². The number of aryl methyl sites for hydroxylation is 1. The van der Waals surface area contributed by atoms with Crippen molar-refractivity contribution in [2.75, 3.05) is 5.73 Å². The minimum Gasteiger partial charge on any atom is -0.398 e. The molecular weight excluding hydrogens is 198 g/mol. The van der Waals surface area contributed by atoms with Crippen molar-refractivity contribution in [2.24, 2.45) is 0 Å². The quantitative estimate of drug-likeness (QED) is 0.629. The molecule has 16 heavy (non-hydrogen) atoms. The average Bonchev–Trinajstić information content (AvgIpc) is 2.72. The second kappa shape index (κ2) is 3.23. The summed E-state index contributed by atoms with van der Waals surface area (Å²) in [7, 11) is 0. The van der Waals surface area contributed by atoms with Crippen LogP contribution in [0, 0.1) is 0 Å². The molecule has 0 aliphatic rings. The molecule has 1 aromatic heterocycles. The number of anilines is 1. The first-order valence-electron chi connectivity index (χ1n) is 5.43. The maximum atomic E-state index is 6.02. The number of nitrogens with zero attached hydrogens (tertiary/aromatic N) is 2. The van der Waals surface area contributed by atoms with E-state index in [0.717, 1.165) is 23.1 Å². The fourth-order valence-corrected chi connectivity index (χ4v) is 2.20. The van der Waals surface area contributed by atoms with Gasteiger partial charge in [-0.05, 0) is 13.0 Å². The maximum absolute atomic E-state index is 6.02. The molecule has 2 N–H and O–H groups in total. The lowest BCUT2D eigenvalue weighted by molar-refractivity contribution is 0.789. The van der Waals surface area contributed by atoms with Gasteiger partial charge >= 0.3 is 0 Å². The van der Waals surface area contributed by atoms with Crippen molar-refractivity contribution in [1.29, 1.82) is 0 Å². The van der Waals surface area contributed by atoms with E-state index in [0.29, 0.717) is 0 Å². The van der Waals surface area contributed by atoms with Gasteiger partial charge in [-0.25, -0.2) is 4.98 Å². The van der Waals surface area contributed by atoms with Gasteiger partial charge in [-0.2, -0.15) is 0 Å². The lowest BCUT2D eigenvalue weighted by Gasteiger charge is -2.06. The fourth-order valence-electron chi connectivity index (χ4n) is 2.20. The van der Waals surface area contributed by atoms with Crippen LogP contribution < -0.4 is 5.73 Å². The van der Waals surface area contributed by atoms with Crippen LogP contribution in [0.25, 0.3) is 21.8 Å². The summed E-state index contributed by atoms with van der Waals surface area (Å²) in [4.78, 5) is 4.38. The van der Waals surface area contributed by atoms with E-state index in [4.69, 9.17) is 5.73 Å². The highest BCUT2D eigenvalue weighted by Crippen LogP contribution is 2.29. The Morgan fingerprint density at radius 3 is 2.75 bits per heavy atom. The maximum Gasteiger partial charge on any atom is 0.0958 e. The summed E-state index contributed by atoms with van der Waals surface area (Å²) in [5.74, 6) is 0. The molecule has 0 unspecified atom stereocenters. The second-order valence-electron chi connectivity index (χ2n) is 3.91. The van der Waals surface area contributed by atoms with Crippen LogP contribution in [0.2, 0.25) is 0 Å². The molecule has 0 saturated heterocycles. The summed E-state index contributed by atoms with van der Waals surface area (Å²) in [5.41, 5.74) is 8.96. The van der Waals surface area contributed by atoms with Gasteiger partial charge in [-0.1, -0.05) is 24.3 Å². The normalized spacial score (nSPS) is 11.3. The number of fused-ring (bicyclic) bond motifs is 3. The molecule has 0 fully saturated rings. The van der Waals surface area contributed by atoms with Crippen LogP contribution in [0.1, 0.15) is 6.92 Å². The number of imidazole rings is 1. The first-order valence-corrected chi connectivity index (χ1v) is 5.43. The Hall–Kier alpha value is -2.03. The molecule has 3 rings (SSSR count). The first-order chi connectivity index (χ1) is 7.81. The van der Waals surface area contributed by atoms with Crippen LogP contribution in [0.5, 0.6) is 0 Å². The number of nitrogens with two attached hydrogens (primary N) is 1. The number of nitrogen functional groups attached to an aromatic ring is 1. The van der Waals surface area contributed by atoms with E-state index in [1.54, 1.807) is 0 Å². The number of hydrogen-bond donors (Lipinski definition) is 1. The van der Waals surface area contributed by atoms with E-state index < -0.39 is 0 Å². The van der Waals surface area contributed by atoms with Crippen molar-refractivity contribution in [1.82, 2.24) is 9.55 Å². The minimum atomic E-state index is 0.796. The van der Waals surface area contributed by atoms with Crippen molar-refractivity contribution in [3.05, 3.63) is 36.7 Å². The molecular formula is C13H13N3. The van der Waals surface area contributed by atoms with Gasteiger partial charge in [0, 0.05) is 23.0 Å². The number of rotatable bonds is 1. The monoisotopic (exact) mass is 211 g/mol. The van der Waals surface area contributed by atoms with E-state index in [1.165, 1.54) is 10.9 Å². The van der Waals surface area contributed by atoms with Gasteiger partial charge in [0.05, 0.1) is 17.4 Å². The van der Waals surface area contributed by atoms with Gasteiger partial charge in [0.2, 0.25) is 0 Å². The van der Waals surface area contributed by atoms with Gasteiger partial charge in [0.15, 0.2) is 0 Å². The van der Waals surface area contributed by atoms with Crippen molar-refractivity contribution >= 4 is 27.5 Å². The van der Waals surface area contributed by atoms with Crippen LogP contribution in [0.3, 0.4) is 0 Å². The molecule has 0 atom stereocenters. The summed E-state index contributed by atoms with van der Waals surface area (Å²) in [6.45, 7) is 3.04. The summed E-state index contributed by atoms with van der Waals surface area (Å²) in [6.07, 6.45) is 1.87. The Morgan fingerprint density at radius 2 is 2.00 bits per heavy atom. The van der Waals surface area contributed by atoms with Gasteiger partial charge in [0.1, 0.15) is 0 Å². The van der Waals surface area contributed by atoms with Gasteiger partial charge < -0.3 is 10.3 Å². The predicted octanol–water partition coefficient (Wildman–Crippen LogP) is 2.79. The number of benzene rings is 2. The van der Waals surface area contributed by atoms with E-state index in [9.17, 15) is 0 Å². The zero-order chi connectivity index (χ0) is 11.1.